The number of rotatable bonds is 7. The highest BCUT2D eigenvalue weighted by molar-refractivity contribution is 5.83. The molecule has 3 aliphatic heterocycles. The minimum absolute atomic E-state index is 0.0433. The first kappa shape index (κ1) is 17.0. The van der Waals surface area contributed by atoms with Gasteiger partial charge in [-0.25, -0.2) is 4.98 Å². The molecule has 0 aliphatic carbocycles. The van der Waals surface area contributed by atoms with Crippen molar-refractivity contribution in [1.29, 1.82) is 0 Å². The van der Waals surface area contributed by atoms with Crippen LogP contribution in [0.25, 0.3) is 0 Å². The van der Waals surface area contributed by atoms with Gasteiger partial charge in [0, 0.05) is 58.1 Å². The van der Waals surface area contributed by atoms with Crippen molar-refractivity contribution in [2.24, 2.45) is 5.92 Å². The molecule has 7 nitrogen and oxygen atoms in total. The number of ether oxygens (including phenoxy) is 1. The number of hydrogen-bond donors (Lipinski definition) is 0. The second-order valence-corrected chi connectivity index (χ2v) is 6.66. The summed E-state index contributed by atoms with van der Waals surface area (Å²) in [6.07, 6.45) is 8.61. The molecule has 4 heterocycles. The molecule has 2 bridgehead atoms. The SMILES string of the molecule is COCCN1C(=O)[C@@H]2CC[C@H]1CN(C(=O)CCCn1ccnc1)C2. The number of carbonyl (C=O) groups is 2. The molecule has 4 rings (SSSR count). The smallest absolute Gasteiger partial charge is 0.227 e. The van der Waals surface area contributed by atoms with Crippen LogP contribution in [0, 0.1) is 5.92 Å². The molecule has 0 N–H and O–H groups in total. The second-order valence-electron chi connectivity index (χ2n) is 6.66. The highest BCUT2D eigenvalue weighted by Crippen LogP contribution is 2.29. The first-order chi connectivity index (χ1) is 11.7. The maximum absolute atomic E-state index is 12.6. The van der Waals surface area contributed by atoms with Crippen LogP contribution in [-0.4, -0.2) is 70.6 Å². The van der Waals surface area contributed by atoms with Crippen LogP contribution in [-0.2, 0) is 20.9 Å². The maximum Gasteiger partial charge on any atom is 0.227 e. The van der Waals surface area contributed by atoms with Gasteiger partial charge in [-0.1, -0.05) is 0 Å². The zero-order valence-electron chi connectivity index (χ0n) is 14.3. The van der Waals surface area contributed by atoms with Crippen molar-refractivity contribution >= 4 is 11.8 Å². The third-order valence-corrected chi connectivity index (χ3v) is 5.05. The Hall–Kier alpha value is -1.89. The Kier molecular flexibility index (Phi) is 5.50. The van der Waals surface area contributed by atoms with Crippen LogP contribution in [0.5, 0.6) is 0 Å². The predicted molar refractivity (Wildman–Crippen MR) is 88.1 cm³/mol. The highest BCUT2D eigenvalue weighted by atomic mass is 16.5. The quantitative estimate of drug-likeness (QED) is 0.738. The number of hydrogen-bond acceptors (Lipinski definition) is 4. The molecule has 3 fully saturated rings. The summed E-state index contributed by atoms with van der Waals surface area (Å²) in [5, 5.41) is 0. The minimum Gasteiger partial charge on any atom is -0.383 e. The van der Waals surface area contributed by atoms with Crippen LogP contribution in [0.2, 0.25) is 0 Å². The van der Waals surface area contributed by atoms with Gasteiger partial charge in [-0.3, -0.25) is 9.59 Å². The van der Waals surface area contributed by atoms with Crippen molar-refractivity contribution in [3.63, 3.8) is 0 Å². The van der Waals surface area contributed by atoms with Gasteiger partial charge in [-0.2, -0.15) is 0 Å². The summed E-state index contributed by atoms with van der Waals surface area (Å²) in [4.78, 5) is 33.0. The van der Waals surface area contributed by atoms with E-state index in [4.69, 9.17) is 4.74 Å². The van der Waals surface area contributed by atoms with E-state index < -0.39 is 0 Å². The molecule has 7 heteroatoms. The van der Waals surface area contributed by atoms with Gasteiger partial charge in [0.05, 0.1) is 18.9 Å². The standard InChI is InChI=1S/C17H26N4O3/c1-24-10-9-21-15-5-4-14(17(21)23)11-20(12-15)16(22)3-2-7-19-8-6-18-13-19/h6,8,13-15H,2-5,7,9-12H2,1H3/t14-,15+/m1/s1. The first-order valence-corrected chi connectivity index (χ1v) is 8.72. The number of methoxy groups -OCH3 is 1. The van der Waals surface area contributed by atoms with Crippen molar-refractivity contribution < 1.29 is 14.3 Å². The summed E-state index contributed by atoms with van der Waals surface area (Å²) in [6, 6.07) is 0.143. The van der Waals surface area contributed by atoms with E-state index in [0.717, 1.165) is 25.8 Å². The van der Waals surface area contributed by atoms with Gasteiger partial charge in [0.15, 0.2) is 0 Å². The number of carbonyl (C=O) groups excluding carboxylic acids is 2. The Labute approximate surface area is 142 Å². The number of amides is 2. The van der Waals surface area contributed by atoms with E-state index in [-0.39, 0.29) is 23.8 Å². The van der Waals surface area contributed by atoms with Crippen LogP contribution >= 0.6 is 0 Å². The Morgan fingerprint density at radius 3 is 2.96 bits per heavy atom. The molecule has 2 atom stereocenters. The molecule has 0 aromatic carbocycles. The van der Waals surface area contributed by atoms with E-state index in [2.05, 4.69) is 4.98 Å². The summed E-state index contributed by atoms with van der Waals surface area (Å²) in [5.41, 5.74) is 0. The van der Waals surface area contributed by atoms with E-state index in [1.807, 2.05) is 20.6 Å². The van der Waals surface area contributed by atoms with Crippen LogP contribution in [0.3, 0.4) is 0 Å². The lowest BCUT2D eigenvalue weighted by molar-refractivity contribution is -0.140. The molecular formula is C17H26N4O3. The van der Waals surface area contributed by atoms with Crippen LogP contribution in [0.4, 0.5) is 0 Å². The molecule has 0 unspecified atom stereocenters. The Morgan fingerprint density at radius 1 is 1.33 bits per heavy atom. The van der Waals surface area contributed by atoms with E-state index >= 15 is 0 Å². The summed E-state index contributed by atoms with van der Waals surface area (Å²) in [5.74, 6) is 0.309. The van der Waals surface area contributed by atoms with Crippen molar-refractivity contribution in [3.8, 4) is 0 Å². The number of fused-ring (bicyclic) bond motifs is 4. The van der Waals surface area contributed by atoms with Crippen LogP contribution < -0.4 is 0 Å². The summed E-state index contributed by atoms with van der Waals surface area (Å²) in [7, 11) is 1.65. The van der Waals surface area contributed by atoms with E-state index in [0.29, 0.717) is 32.7 Å². The molecule has 2 amide bonds. The number of aromatic nitrogens is 2. The molecular weight excluding hydrogens is 308 g/mol. The van der Waals surface area contributed by atoms with Crippen molar-refractivity contribution in [1.82, 2.24) is 19.4 Å². The van der Waals surface area contributed by atoms with Crippen LogP contribution in [0.1, 0.15) is 25.7 Å². The number of imidazole rings is 1. The summed E-state index contributed by atoms with van der Waals surface area (Å²) < 4.78 is 7.10. The predicted octanol–water partition coefficient (Wildman–Crippen LogP) is 0.759. The van der Waals surface area contributed by atoms with Gasteiger partial charge in [-0.15, -0.1) is 0 Å². The highest BCUT2D eigenvalue weighted by Gasteiger charge is 2.41. The molecule has 1 aromatic heterocycles. The fourth-order valence-electron chi connectivity index (χ4n) is 3.72. The van der Waals surface area contributed by atoms with Gasteiger partial charge in [0.2, 0.25) is 11.8 Å². The van der Waals surface area contributed by atoms with E-state index in [1.54, 1.807) is 19.6 Å². The molecule has 3 aliphatic rings. The Bertz CT molecular complexity index is 560. The lowest BCUT2D eigenvalue weighted by Crippen LogP contribution is -2.49. The summed E-state index contributed by atoms with van der Waals surface area (Å²) >= 11 is 0. The zero-order chi connectivity index (χ0) is 16.9. The average Bonchev–Trinajstić information content (AvgIpc) is 2.94. The lowest BCUT2D eigenvalue weighted by Gasteiger charge is -2.35. The van der Waals surface area contributed by atoms with Gasteiger partial charge in [-0.05, 0) is 19.3 Å². The van der Waals surface area contributed by atoms with E-state index in [9.17, 15) is 9.59 Å². The molecule has 132 valence electrons. The molecule has 1 aromatic rings. The minimum atomic E-state index is -0.0433. The normalized spacial score (nSPS) is 23.6. The lowest BCUT2D eigenvalue weighted by atomic mass is 9.94. The number of aryl methyl sites for hydroxylation is 1. The monoisotopic (exact) mass is 334 g/mol. The average molecular weight is 334 g/mol. The van der Waals surface area contributed by atoms with Gasteiger partial charge in [0.1, 0.15) is 0 Å². The molecule has 24 heavy (non-hydrogen) atoms. The van der Waals surface area contributed by atoms with Crippen molar-refractivity contribution in [2.45, 2.75) is 38.3 Å². The first-order valence-electron chi connectivity index (χ1n) is 8.72. The van der Waals surface area contributed by atoms with E-state index in [1.165, 1.54) is 0 Å². The maximum atomic E-state index is 12.6. The molecule has 0 spiro atoms. The molecule has 0 saturated carbocycles. The largest absolute Gasteiger partial charge is 0.383 e. The van der Waals surface area contributed by atoms with Crippen molar-refractivity contribution in [2.75, 3.05) is 33.4 Å². The Morgan fingerprint density at radius 2 is 2.21 bits per heavy atom. The summed E-state index contributed by atoms with van der Waals surface area (Å²) in [6.45, 7) is 3.21. The Balaban J connectivity index is 1.55. The molecule has 0 radical (unpaired) electrons. The van der Waals surface area contributed by atoms with Gasteiger partial charge in [0.25, 0.3) is 0 Å². The van der Waals surface area contributed by atoms with Crippen molar-refractivity contribution in [3.05, 3.63) is 18.7 Å². The second kappa shape index (κ2) is 7.79. The van der Waals surface area contributed by atoms with Crippen LogP contribution in [0.15, 0.2) is 18.7 Å². The molecule has 3 saturated heterocycles. The third kappa shape index (κ3) is 3.77. The topological polar surface area (TPSA) is 67.7 Å². The number of nitrogens with zero attached hydrogens (tertiary/aromatic N) is 4. The van der Waals surface area contributed by atoms with Gasteiger partial charge < -0.3 is 19.1 Å². The fourth-order valence-corrected chi connectivity index (χ4v) is 3.72. The fraction of sp³-hybridized carbons (Fsp3) is 0.706. The van der Waals surface area contributed by atoms with Gasteiger partial charge >= 0.3 is 0 Å². The zero-order valence-corrected chi connectivity index (χ0v) is 14.3. The third-order valence-electron chi connectivity index (χ3n) is 5.05. The number of piperidine rings is 1.